The maximum atomic E-state index is 12.5. The number of esters is 1. The molecule has 134 valence electrons. The number of methoxy groups -OCH3 is 1. The quantitative estimate of drug-likeness (QED) is 0.585. The Morgan fingerprint density at radius 2 is 1.75 bits per heavy atom. The van der Waals surface area contributed by atoms with Crippen LogP contribution in [-0.4, -0.2) is 38.2 Å². The molecule has 5 heteroatoms. The summed E-state index contributed by atoms with van der Waals surface area (Å²) >= 11 is 0. The molecule has 24 heavy (non-hydrogen) atoms. The highest BCUT2D eigenvalue weighted by molar-refractivity contribution is 5.93. The molecule has 0 spiro atoms. The Morgan fingerprint density at radius 1 is 1.08 bits per heavy atom. The van der Waals surface area contributed by atoms with Gasteiger partial charge in [0.15, 0.2) is 6.10 Å². The first-order valence-corrected chi connectivity index (χ1v) is 8.39. The predicted octanol–water partition coefficient (Wildman–Crippen LogP) is 3.24. The molecule has 1 amide bonds. The van der Waals surface area contributed by atoms with Crippen LogP contribution in [0.5, 0.6) is 0 Å². The van der Waals surface area contributed by atoms with Gasteiger partial charge in [0.1, 0.15) is 0 Å². The van der Waals surface area contributed by atoms with Crippen LogP contribution in [0.3, 0.4) is 0 Å². The van der Waals surface area contributed by atoms with Gasteiger partial charge in [-0.2, -0.15) is 0 Å². The van der Waals surface area contributed by atoms with Gasteiger partial charge in [0, 0.05) is 13.7 Å². The molecule has 0 aliphatic rings. The van der Waals surface area contributed by atoms with Gasteiger partial charge in [-0.15, -0.1) is 0 Å². The second-order valence-corrected chi connectivity index (χ2v) is 6.49. The van der Waals surface area contributed by atoms with Crippen LogP contribution in [0.2, 0.25) is 0 Å². The fraction of sp³-hybridized carbons (Fsp3) is 0.579. The summed E-state index contributed by atoms with van der Waals surface area (Å²) in [6.07, 6.45) is -0.848. The molecule has 1 aromatic rings. The lowest BCUT2D eigenvalue weighted by molar-refractivity contribution is -0.129. The minimum atomic E-state index is -0.848. The highest BCUT2D eigenvalue weighted by atomic mass is 16.5. The van der Waals surface area contributed by atoms with Crippen molar-refractivity contribution in [3.05, 3.63) is 34.9 Å². The SMILES string of the molecule is COCCNC(=O)[C@@H](C)OC(=O)c1ccc(C(C)C)cc1C(C)C. The largest absolute Gasteiger partial charge is 0.449 e. The average molecular weight is 335 g/mol. The Bertz CT molecular complexity index is 566. The van der Waals surface area contributed by atoms with Crippen molar-refractivity contribution in [2.75, 3.05) is 20.3 Å². The highest BCUT2D eigenvalue weighted by Crippen LogP contribution is 2.25. The van der Waals surface area contributed by atoms with Gasteiger partial charge in [-0.3, -0.25) is 4.79 Å². The minimum Gasteiger partial charge on any atom is -0.449 e. The molecule has 0 heterocycles. The smallest absolute Gasteiger partial charge is 0.339 e. The van der Waals surface area contributed by atoms with E-state index in [1.807, 2.05) is 19.9 Å². The summed E-state index contributed by atoms with van der Waals surface area (Å²) in [5, 5.41) is 2.66. The van der Waals surface area contributed by atoms with E-state index >= 15 is 0 Å². The summed E-state index contributed by atoms with van der Waals surface area (Å²) < 4.78 is 10.2. The normalized spacial score (nSPS) is 12.3. The van der Waals surface area contributed by atoms with Crippen LogP contribution in [0, 0.1) is 0 Å². The van der Waals surface area contributed by atoms with Crippen molar-refractivity contribution < 1.29 is 19.1 Å². The summed E-state index contributed by atoms with van der Waals surface area (Å²) in [6.45, 7) is 10.7. The van der Waals surface area contributed by atoms with Gasteiger partial charge in [-0.25, -0.2) is 4.79 Å². The van der Waals surface area contributed by atoms with E-state index in [0.29, 0.717) is 24.6 Å². The first-order valence-electron chi connectivity index (χ1n) is 8.39. The van der Waals surface area contributed by atoms with Crippen molar-refractivity contribution in [3.63, 3.8) is 0 Å². The lowest BCUT2D eigenvalue weighted by atomic mass is 9.91. The Hall–Kier alpha value is -1.88. The fourth-order valence-corrected chi connectivity index (χ4v) is 2.30. The van der Waals surface area contributed by atoms with Gasteiger partial charge in [0.25, 0.3) is 5.91 Å². The number of hydrogen-bond donors (Lipinski definition) is 1. The monoisotopic (exact) mass is 335 g/mol. The summed E-state index contributed by atoms with van der Waals surface area (Å²) in [5.74, 6) is -0.219. The van der Waals surface area contributed by atoms with E-state index in [1.165, 1.54) is 5.56 Å². The zero-order chi connectivity index (χ0) is 18.3. The fourth-order valence-electron chi connectivity index (χ4n) is 2.30. The Balaban J connectivity index is 2.85. The summed E-state index contributed by atoms with van der Waals surface area (Å²) in [6, 6.07) is 5.79. The van der Waals surface area contributed by atoms with Crippen molar-refractivity contribution in [1.29, 1.82) is 0 Å². The zero-order valence-electron chi connectivity index (χ0n) is 15.5. The van der Waals surface area contributed by atoms with Crippen LogP contribution in [0.4, 0.5) is 0 Å². The zero-order valence-corrected chi connectivity index (χ0v) is 15.5. The molecule has 0 bridgehead atoms. The topological polar surface area (TPSA) is 64.6 Å². The van der Waals surface area contributed by atoms with Crippen LogP contribution in [0.25, 0.3) is 0 Å². The molecule has 0 fully saturated rings. The van der Waals surface area contributed by atoms with E-state index in [0.717, 1.165) is 5.56 Å². The van der Waals surface area contributed by atoms with E-state index in [9.17, 15) is 9.59 Å². The van der Waals surface area contributed by atoms with Gasteiger partial charge in [-0.1, -0.05) is 39.8 Å². The summed E-state index contributed by atoms with van der Waals surface area (Å²) in [7, 11) is 1.56. The number of ether oxygens (including phenoxy) is 2. The molecule has 0 aromatic heterocycles. The maximum Gasteiger partial charge on any atom is 0.339 e. The molecule has 1 N–H and O–H groups in total. The molecule has 0 aliphatic heterocycles. The lowest BCUT2D eigenvalue weighted by Gasteiger charge is -2.18. The van der Waals surface area contributed by atoms with Crippen molar-refractivity contribution in [3.8, 4) is 0 Å². The molecule has 1 aromatic carbocycles. The van der Waals surface area contributed by atoms with E-state index in [-0.39, 0.29) is 11.8 Å². The van der Waals surface area contributed by atoms with Gasteiger partial charge in [0.2, 0.25) is 0 Å². The number of carbonyl (C=O) groups excluding carboxylic acids is 2. The Kier molecular flexibility index (Phi) is 7.92. The second-order valence-electron chi connectivity index (χ2n) is 6.49. The van der Waals surface area contributed by atoms with Crippen LogP contribution in [0.15, 0.2) is 18.2 Å². The third kappa shape index (κ3) is 5.64. The van der Waals surface area contributed by atoms with Gasteiger partial charge in [0.05, 0.1) is 12.2 Å². The molecule has 1 atom stereocenters. The summed E-state index contributed by atoms with van der Waals surface area (Å²) in [5.41, 5.74) is 2.64. The van der Waals surface area contributed by atoms with Gasteiger partial charge in [-0.05, 0) is 36.0 Å². The van der Waals surface area contributed by atoms with Gasteiger partial charge < -0.3 is 14.8 Å². The molecule has 0 radical (unpaired) electrons. The number of hydrogen-bond acceptors (Lipinski definition) is 4. The molecule has 0 saturated carbocycles. The molecule has 5 nitrogen and oxygen atoms in total. The molecule has 1 rings (SSSR count). The maximum absolute atomic E-state index is 12.5. The molecule has 0 saturated heterocycles. The third-order valence-electron chi connectivity index (χ3n) is 3.84. The first kappa shape index (κ1) is 20.2. The van der Waals surface area contributed by atoms with Crippen molar-refractivity contribution in [2.24, 2.45) is 0 Å². The molecule has 0 aliphatic carbocycles. The molecule has 0 unspecified atom stereocenters. The van der Waals surface area contributed by atoms with Crippen LogP contribution in [-0.2, 0) is 14.3 Å². The van der Waals surface area contributed by atoms with Gasteiger partial charge >= 0.3 is 5.97 Å². The standard InChI is InChI=1S/C19H29NO4/c1-12(2)15-7-8-16(17(11-15)13(3)4)19(22)24-14(5)18(21)20-9-10-23-6/h7-8,11-14H,9-10H2,1-6H3,(H,20,21)/t14-/m1/s1. The Morgan fingerprint density at radius 3 is 2.29 bits per heavy atom. The number of nitrogens with one attached hydrogen (secondary N) is 1. The highest BCUT2D eigenvalue weighted by Gasteiger charge is 2.22. The third-order valence-corrected chi connectivity index (χ3v) is 3.84. The lowest BCUT2D eigenvalue weighted by Crippen LogP contribution is -2.37. The van der Waals surface area contributed by atoms with E-state index < -0.39 is 12.1 Å². The second kappa shape index (κ2) is 9.42. The van der Waals surface area contributed by atoms with Crippen LogP contribution < -0.4 is 5.32 Å². The number of benzene rings is 1. The predicted molar refractivity (Wildman–Crippen MR) is 94.4 cm³/mol. The minimum absolute atomic E-state index is 0.192. The van der Waals surface area contributed by atoms with Crippen LogP contribution >= 0.6 is 0 Å². The van der Waals surface area contributed by atoms with Crippen molar-refractivity contribution >= 4 is 11.9 Å². The van der Waals surface area contributed by atoms with Crippen LogP contribution in [0.1, 0.15) is 67.9 Å². The Labute approximate surface area is 144 Å². The first-order chi connectivity index (χ1) is 11.3. The van der Waals surface area contributed by atoms with E-state index in [2.05, 4.69) is 25.2 Å². The number of carbonyl (C=O) groups is 2. The number of rotatable bonds is 8. The number of amides is 1. The van der Waals surface area contributed by atoms with E-state index in [4.69, 9.17) is 9.47 Å². The van der Waals surface area contributed by atoms with E-state index in [1.54, 1.807) is 20.1 Å². The average Bonchev–Trinajstić information content (AvgIpc) is 2.53. The molecular formula is C19H29NO4. The van der Waals surface area contributed by atoms with Crippen molar-refractivity contribution in [2.45, 2.75) is 52.6 Å². The van der Waals surface area contributed by atoms with Crippen molar-refractivity contribution in [1.82, 2.24) is 5.32 Å². The molecular weight excluding hydrogens is 306 g/mol. The summed E-state index contributed by atoms with van der Waals surface area (Å²) in [4.78, 5) is 24.4.